The molecule has 0 bridgehead atoms. The summed E-state index contributed by atoms with van der Waals surface area (Å²) < 4.78 is 40.0. The topological polar surface area (TPSA) is 70.7 Å². The third-order valence-corrected chi connectivity index (χ3v) is 2.92. The summed E-state index contributed by atoms with van der Waals surface area (Å²) in [7, 11) is 0. The maximum absolute atomic E-state index is 12.8. The molecule has 1 aromatic carbocycles. The molecule has 0 saturated heterocycles. The van der Waals surface area contributed by atoms with Crippen molar-refractivity contribution in [2.45, 2.75) is 19.5 Å². The highest BCUT2D eigenvalue weighted by atomic mass is 19.4. The second-order valence-electron chi connectivity index (χ2n) is 4.46. The molecule has 5 nitrogen and oxygen atoms in total. The minimum Gasteiger partial charge on any atom is -0.323 e. The molecule has 0 aliphatic rings. The SMILES string of the molecule is Cc1nccn1-c1ccc(C(F)(F)F)cc1NC(=O)CC#N. The molecule has 1 N–H and O–H groups in total. The highest BCUT2D eigenvalue weighted by Crippen LogP contribution is 2.33. The van der Waals surface area contributed by atoms with Crippen molar-refractivity contribution in [3.8, 4) is 11.8 Å². The average Bonchev–Trinajstić information content (AvgIpc) is 2.84. The van der Waals surface area contributed by atoms with E-state index >= 15 is 0 Å². The van der Waals surface area contributed by atoms with Crippen molar-refractivity contribution in [3.63, 3.8) is 0 Å². The average molecular weight is 308 g/mol. The molecule has 2 aromatic rings. The molecule has 0 radical (unpaired) electrons. The van der Waals surface area contributed by atoms with Crippen molar-refractivity contribution >= 4 is 11.6 Å². The number of imidazole rings is 1. The van der Waals surface area contributed by atoms with Gasteiger partial charge in [-0.15, -0.1) is 0 Å². The molecular weight excluding hydrogens is 297 g/mol. The van der Waals surface area contributed by atoms with Gasteiger partial charge in [-0.25, -0.2) is 4.98 Å². The van der Waals surface area contributed by atoms with Gasteiger partial charge in [-0.2, -0.15) is 18.4 Å². The normalized spacial score (nSPS) is 11.0. The molecule has 0 spiro atoms. The number of nitrogens with zero attached hydrogens (tertiary/aromatic N) is 3. The van der Waals surface area contributed by atoms with Crippen molar-refractivity contribution < 1.29 is 18.0 Å². The third kappa shape index (κ3) is 3.25. The van der Waals surface area contributed by atoms with E-state index in [1.807, 2.05) is 0 Å². The predicted molar refractivity (Wildman–Crippen MR) is 72.2 cm³/mol. The van der Waals surface area contributed by atoms with Crippen molar-refractivity contribution in [2.75, 3.05) is 5.32 Å². The molecular formula is C14H11F3N4O. The van der Waals surface area contributed by atoms with Gasteiger partial charge in [0.1, 0.15) is 12.2 Å². The molecule has 0 aliphatic heterocycles. The number of nitriles is 1. The van der Waals surface area contributed by atoms with Crippen LogP contribution in [0.1, 0.15) is 17.8 Å². The number of anilines is 1. The second-order valence-corrected chi connectivity index (χ2v) is 4.46. The zero-order chi connectivity index (χ0) is 16.3. The van der Waals surface area contributed by atoms with Gasteiger partial charge in [-0.3, -0.25) is 4.79 Å². The zero-order valence-corrected chi connectivity index (χ0v) is 11.5. The quantitative estimate of drug-likeness (QED) is 0.947. The maximum atomic E-state index is 12.8. The van der Waals surface area contributed by atoms with Crippen LogP contribution in [-0.4, -0.2) is 15.5 Å². The summed E-state index contributed by atoms with van der Waals surface area (Å²) in [6.45, 7) is 1.68. The van der Waals surface area contributed by atoms with Gasteiger partial charge in [0.15, 0.2) is 0 Å². The van der Waals surface area contributed by atoms with E-state index in [1.165, 1.54) is 12.3 Å². The lowest BCUT2D eigenvalue weighted by atomic mass is 10.1. The Morgan fingerprint density at radius 3 is 2.73 bits per heavy atom. The fraction of sp³-hybridized carbons (Fsp3) is 0.214. The molecule has 22 heavy (non-hydrogen) atoms. The van der Waals surface area contributed by atoms with Crippen molar-refractivity contribution in [1.82, 2.24) is 9.55 Å². The van der Waals surface area contributed by atoms with Crippen molar-refractivity contribution in [1.29, 1.82) is 5.26 Å². The maximum Gasteiger partial charge on any atom is 0.416 e. The van der Waals surface area contributed by atoms with Gasteiger partial charge in [0.2, 0.25) is 5.91 Å². The summed E-state index contributed by atoms with van der Waals surface area (Å²) in [5.74, 6) is -0.128. The van der Waals surface area contributed by atoms with Crippen LogP contribution in [-0.2, 0) is 11.0 Å². The van der Waals surface area contributed by atoms with Gasteiger partial charge in [-0.1, -0.05) is 0 Å². The third-order valence-electron chi connectivity index (χ3n) is 2.92. The minimum atomic E-state index is -4.53. The lowest BCUT2D eigenvalue weighted by Gasteiger charge is -2.15. The molecule has 1 heterocycles. The number of nitrogens with one attached hydrogen (secondary N) is 1. The smallest absolute Gasteiger partial charge is 0.323 e. The van der Waals surface area contributed by atoms with E-state index in [0.717, 1.165) is 12.1 Å². The number of carbonyl (C=O) groups excluding carboxylic acids is 1. The van der Waals surface area contributed by atoms with Crippen LogP contribution in [0.25, 0.3) is 5.69 Å². The number of hydrogen-bond donors (Lipinski definition) is 1. The molecule has 0 fully saturated rings. The van der Waals surface area contributed by atoms with Crippen LogP contribution in [0.5, 0.6) is 0 Å². The molecule has 114 valence electrons. The summed E-state index contributed by atoms with van der Waals surface area (Å²) in [5.41, 5.74) is -0.577. The van der Waals surface area contributed by atoms with Crippen molar-refractivity contribution in [3.05, 3.63) is 42.0 Å². The first-order chi connectivity index (χ1) is 10.3. The van der Waals surface area contributed by atoms with Gasteiger partial charge in [0, 0.05) is 12.4 Å². The molecule has 2 rings (SSSR count). The number of halogens is 3. The summed E-state index contributed by atoms with van der Waals surface area (Å²) in [6.07, 6.45) is -1.92. The number of amides is 1. The zero-order valence-electron chi connectivity index (χ0n) is 11.5. The largest absolute Gasteiger partial charge is 0.416 e. The Hall–Kier alpha value is -2.82. The first-order valence-corrected chi connectivity index (χ1v) is 6.21. The van der Waals surface area contributed by atoms with Gasteiger partial charge in [0.25, 0.3) is 0 Å². The minimum absolute atomic E-state index is 0.0313. The van der Waals surface area contributed by atoms with Crippen LogP contribution in [0, 0.1) is 18.3 Å². The number of rotatable bonds is 3. The lowest BCUT2D eigenvalue weighted by molar-refractivity contribution is -0.137. The standard InChI is InChI=1S/C14H11F3N4O/c1-9-19-6-7-21(9)12-3-2-10(14(15,16)17)8-11(12)20-13(22)4-5-18/h2-3,6-8H,4H2,1H3,(H,20,22). The highest BCUT2D eigenvalue weighted by molar-refractivity contribution is 5.94. The molecule has 0 unspecified atom stereocenters. The first kappa shape index (κ1) is 15.6. The molecule has 1 aromatic heterocycles. The van der Waals surface area contributed by atoms with Crippen molar-refractivity contribution in [2.24, 2.45) is 0 Å². The van der Waals surface area contributed by atoms with E-state index < -0.39 is 24.1 Å². The molecule has 1 amide bonds. The van der Waals surface area contributed by atoms with Crippen LogP contribution in [0.3, 0.4) is 0 Å². The number of hydrogen-bond acceptors (Lipinski definition) is 3. The number of carbonyl (C=O) groups is 1. The Bertz CT molecular complexity index is 743. The van der Waals surface area contributed by atoms with E-state index in [9.17, 15) is 18.0 Å². The van der Waals surface area contributed by atoms with Gasteiger partial charge >= 0.3 is 6.18 Å². The number of alkyl halides is 3. The predicted octanol–water partition coefficient (Wildman–Crippen LogP) is 3.05. The number of aryl methyl sites for hydroxylation is 1. The monoisotopic (exact) mass is 308 g/mol. The fourth-order valence-electron chi connectivity index (χ4n) is 1.92. The second kappa shape index (κ2) is 5.89. The van der Waals surface area contributed by atoms with Crippen LogP contribution in [0.4, 0.5) is 18.9 Å². The van der Waals surface area contributed by atoms with E-state index in [2.05, 4.69) is 10.3 Å². The molecule has 0 saturated carbocycles. The van der Waals surface area contributed by atoms with Crippen LogP contribution in [0.15, 0.2) is 30.6 Å². The Kier molecular flexibility index (Phi) is 4.17. The van der Waals surface area contributed by atoms with E-state index in [4.69, 9.17) is 5.26 Å². The Balaban J connectivity index is 2.51. The lowest BCUT2D eigenvalue weighted by Crippen LogP contribution is -2.14. The summed E-state index contributed by atoms with van der Waals surface area (Å²) in [4.78, 5) is 15.5. The molecule has 8 heteroatoms. The van der Waals surface area contributed by atoms with Crippen LogP contribution >= 0.6 is 0 Å². The summed E-state index contributed by atoms with van der Waals surface area (Å²) in [5, 5.41) is 10.8. The Labute approximate surface area is 124 Å². The Morgan fingerprint density at radius 2 is 2.18 bits per heavy atom. The van der Waals surface area contributed by atoms with E-state index in [1.54, 1.807) is 23.8 Å². The number of aromatic nitrogens is 2. The fourth-order valence-corrected chi connectivity index (χ4v) is 1.92. The van der Waals surface area contributed by atoms with Gasteiger partial charge < -0.3 is 9.88 Å². The van der Waals surface area contributed by atoms with Crippen LogP contribution in [0.2, 0.25) is 0 Å². The van der Waals surface area contributed by atoms with Gasteiger partial charge in [0.05, 0.1) is 23.0 Å². The van der Waals surface area contributed by atoms with Crippen LogP contribution < -0.4 is 5.32 Å². The van der Waals surface area contributed by atoms with E-state index in [-0.39, 0.29) is 5.69 Å². The summed E-state index contributed by atoms with van der Waals surface area (Å²) >= 11 is 0. The summed E-state index contributed by atoms with van der Waals surface area (Å²) in [6, 6.07) is 4.66. The number of benzene rings is 1. The molecule has 0 atom stereocenters. The van der Waals surface area contributed by atoms with E-state index in [0.29, 0.717) is 11.5 Å². The Morgan fingerprint density at radius 1 is 1.45 bits per heavy atom. The van der Waals surface area contributed by atoms with Gasteiger partial charge in [-0.05, 0) is 25.1 Å². The molecule has 0 aliphatic carbocycles. The highest BCUT2D eigenvalue weighted by Gasteiger charge is 2.31. The first-order valence-electron chi connectivity index (χ1n) is 6.21.